The molecule has 10 heteroatoms. The van der Waals surface area contributed by atoms with Crippen LogP contribution in [0.4, 0.5) is 0 Å². The van der Waals surface area contributed by atoms with Gasteiger partial charge in [-0.2, -0.15) is 0 Å². The molecule has 3 heterocycles. The minimum Gasteiger partial charge on any atom is -0.381 e. The van der Waals surface area contributed by atoms with Crippen LogP contribution in [0.5, 0.6) is 0 Å². The average Bonchev–Trinajstić information content (AvgIpc) is 3.12. The number of morpholine rings is 1. The Morgan fingerprint density at radius 2 is 1.86 bits per heavy atom. The van der Waals surface area contributed by atoms with Gasteiger partial charge in [0.05, 0.1) is 33.0 Å². The first kappa shape index (κ1) is 22.2. The van der Waals surface area contributed by atoms with Crippen LogP contribution in [0.15, 0.2) is 4.99 Å². The van der Waals surface area contributed by atoms with Crippen molar-refractivity contribution in [2.45, 2.75) is 24.7 Å². The third-order valence-corrected chi connectivity index (χ3v) is 5.36. The van der Waals surface area contributed by atoms with Gasteiger partial charge in [0, 0.05) is 59.7 Å². The molecule has 3 fully saturated rings. The molecule has 2 N–H and O–H groups in total. The lowest BCUT2D eigenvalue weighted by Crippen LogP contribution is -2.47. The Morgan fingerprint density at radius 1 is 1.14 bits per heavy atom. The predicted molar refractivity (Wildman–Crippen MR) is 108 cm³/mol. The van der Waals surface area contributed by atoms with Gasteiger partial charge in [-0.1, -0.05) is 0 Å². The number of nitrogens with zero attached hydrogens (tertiary/aromatic N) is 3. The number of carbonyl (C=O) groups excluding carboxylic acids is 1. The molecule has 0 aliphatic carbocycles. The standard InChI is InChI=1S/C19H35N5O5/c1-23(2)17(25)14-22-18(20-5-6-24-7-11-27-12-8-24)21-13-16-15-28-19(29-16)3-9-26-10-4-19/h16H,3-15H2,1-2H3,(H2,20,21,22). The molecule has 0 bridgehead atoms. The van der Waals surface area contributed by atoms with Gasteiger partial charge in [-0.15, -0.1) is 0 Å². The summed E-state index contributed by atoms with van der Waals surface area (Å²) in [6, 6.07) is 0. The quantitative estimate of drug-likeness (QED) is 0.400. The highest BCUT2D eigenvalue weighted by Gasteiger charge is 2.42. The minimum atomic E-state index is -0.493. The van der Waals surface area contributed by atoms with Crippen LogP contribution in [-0.4, -0.2) is 120 Å². The molecule has 0 aromatic carbocycles. The van der Waals surface area contributed by atoms with Crippen LogP contribution < -0.4 is 10.6 Å². The van der Waals surface area contributed by atoms with Crippen molar-refractivity contribution >= 4 is 11.9 Å². The number of amides is 1. The maximum atomic E-state index is 11.9. The van der Waals surface area contributed by atoms with Gasteiger partial charge in [0.1, 0.15) is 12.6 Å². The van der Waals surface area contributed by atoms with E-state index in [4.69, 9.17) is 18.9 Å². The maximum Gasteiger partial charge on any atom is 0.243 e. The molecule has 3 aliphatic rings. The van der Waals surface area contributed by atoms with E-state index in [1.807, 2.05) is 0 Å². The summed E-state index contributed by atoms with van der Waals surface area (Å²) >= 11 is 0. The van der Waals surface area contributed by atoms with Crippen molar-refractivity contribution in [2.24, 2.45) is 4.99 Å². The van der Waals surface area contributed by atoms with E-state index in [1.165, 1.54) is 4.90 Å². The minimum absolute atomic E-state index is 0.0408. The van der Waals surface area contributed by atoms with E-state index in [0.29, 0.717) is 32.3 Å². The molecule has 1 spiro atoms. The van der Waals surface area contributed by atoms with E-state index in [9.17, 15) is 4.79 Å². The van der Waals surface area contributed by atoms with Gasteiger partial charge in [-0.05, 0) is 0 Å². The molecule has 29 heavy (non-hydrogen) atoms. The lowest BCUT2D eigenvalue weighted by molar-refractivity contribution is -0.210. The highest BCUT2D eigenvalue weighted by molar-refractivity contribution is 5.84. The fraction of sp³-hybridized carbons (Fsp3) is 0.895. The van der Waals surface area contributed by atoms with Crippen LogP contribution in [0.3, 0.4) is 0 Å². The van der Waals surface area contributed by atoms with Crippen LogP contribution in [0.2, 0.25) is 0 Å². The van der Waals surface area contributed by atoms with Crippen molar-refractivity contribution in [3.63, 3.8) is 0 Å². The van der Waals surface area contributed by atoms with E-state index in [0.717, 1.165) is 52.2 Å². The Balaban J connectivity index is 1.46. The third kappa shape index (κ3) is 7.07. The highest BCUT2D eigenvalue weighted by atomic mass is 16.7. The largest absolute Gasteiger partial charge is 0.381 e. The summed E-state index contributed by atoms with van der Waals surface area (Å²) in [6.45, 7) is 7.65. The first-order valence-electron chi connectivity index (χ1n) is 10.5. The number of rotatable bonds is 7. The molecule has 1 unspecified atom stereocenters. The molecule has 0 radical (unpaired) electrons. The molecule has 3 saturated heterocycles. The second-order valence-electron chi connectivity index (χ2n) is 7.79. The van der Waals surface area contributed by atoms with Crippen LogP contribution in [0, 0.1) is 0 Å². The van der Waals surface area contributed by atoms with E-state index >= 15 is 0 Å². The normalized spacial score (nSPS) is 25.2. The predicted octanol–water partition coefficient (Wildman–Crippen LogP) is -1.14. The Hall–Kier alpha value is -1.46. The molecule has 1 amide bonds. The maximum absolute atomic E-state index is 11.9. The number of hydrogen-bond donors (Lipinski definition) is 2. The number of carbonyl (C=O) groups is 1. The molecular formula is C19H35N5O5. The lowest BCUT2D eigenvalue weighted by Gasteiger charge is -2.31. The van der Waals surface area contributed by atoms with Crippen LogP contribution in [0.1, 0.15) is 12.8 Å². The zero-order valence-electron chi connectivity index (χ0n) is 17.7. The van der Waals surface area contributed by atoms with Gasteiger partial charge in [0.2, 0.25) is 5.91 Å². The van der Waals surface area contributed by atoms with Gasteiger partial charge < -0.3 is 34.5 Å². The van der Waals surface area contributed by atoms with E-state index in [2.05, 4.69) is 20.5 Å². The Kier molecular flexibility index (Phi) is 8.49. The number of guanidine groups is 1. The van der Waals surface area contributed by atoms with Gasteiger partial charge in [0.15, 0.2) is 11.7 Å². The SMILES string of the molecule is CN(C)C(=O)CN=C(NCCN1CCOCC1)NCC1COC2(CCOCC2)O1. The molecule has 3 aliphatic heterocycles. The monoisotopic (exact) mass is 413 g/mol. The molecule has 10 nitrogen and oxygen atoms in total. The van der Waals surface area contributed by atoms with Crippen molar-refractivity contribution in [2.75, 3.05) is 86.4 Å². The molecule has 166 valence electrons. The number of ether oxygens (including phenoxy) is 4. The van der Waals surface area contributed by atoms with Crippen LogP contribution >= 0.6 is 0 Å². The summed E-state index contributed by atoms with van der Waals surface area (Å²) < 4.78 is 22.9. The van der Waals surface area contributed by atoms with Crippen molar-refractivity contribution in [3.8, 4) is 0 Å². The van der Waals surface area contributed by atoms with Crippen molar-refractivity contribution in [3.05, 3.63) is 0 Å². The molecule has 0 aromatic heterocycles. The van der Waals surface area contributed by atoms with Crippen molar-refractivity contribution < 1.29 is 23.7 Å². The van der Waals surface area contributed by atoms with Gasteiger partial charge in [-0.3, -0.25) is 9.69 Å². The topological polar surface area (TPSA) is 96.9 Å². The molecular weight excluding hydrogens is 378 g/mol. The van der Waals surface area contributed by atoms with Crippen LogP contribution in [-0.2, 0) is 23.7 Å². The first-order valence-corrected chi connectivity index (χ1v) is 10.5. The Bertz CT molecular complexity index is 547. The zero-order chi connectivity index (χ0) is 20.5. The summed E-state index contributed by atoms with van der Waals surface area (Å²) in [5.41, 5.74) is 0. The summed E-state index contributed by atoms with van der Waals surface area (Å²) in [4.78, 5) is 20.2. The van der Waals surface area contributed by atoms with E-state index < -0.39 is 5.79 Å². The lowest BCUT2D eigenvalue weighted by atomic mass is 10.1. The summed E-state index contributed by atoms with van der Waals surface area (Å²) in [5, 5.41) is 6.63. The van der Waals surface area contributed by atoms with Crippen molar-refractivity contribution in [1.29, 1.82) is 0 Å². The third-order valence-electron chi connectivity index (χ3n) is 5.36. The molecule has 0 aromatic rings. The second-order valence-corrected chi connectivity index (χ2v) is 7.79. The van der Waals surface area contributed by atoms with Crippen LogP contribution in [0.25, 0.3) is 0 Å². The number of likely N-dealkylation sites (N-methyl/N-ethyl adjacent to an activating group) is 1. The van der Waals surface area contributed by atoms with Gasteiger partial charge >= 0.3 is 0 Å². The average molecular weight is 414 g/mol. The van der Waals surface area contributed by atoms with Gasteiger partial charge in [-0.25, -0.2) is 4.99 Å². The van der Waals surface area contributed by atoms with E-state index in [1.54, 1.807) is 14.1 Å². The molecule has 3 rings (SSSR count). The smallest absolute Gasteiger partial charge is 0.243 e. The molecule has 0 saturated carbocycles. The van der Waals surface area contributed by atoms with Gasteiger partial charge in [0.25, 0.3) is 0 Å². The summed E-state index contributed by atoms with van der Waals surface area (Å²) in [7, 11) is 3.46. The number of nitrogens with one attached hydrogen (secondary N) is 2. The first-order chi connectivity index (χ1) is 14.1. The van der Waals surface area contributed by atoms with Crippen molar-refractivity contribution in [1.82, 2.24) is 20.4 Å². The summed E-state index contributed by atoms with van der Waals surface area (Å²) in [5.74, 6) is 0.0814. The molecule has 1 atom stereocenters. The second kappa shape index (κ2) is 11.1. The Morgan fingerprint density at radius 3 is 2.59 bits per heavy atom. The fourth-order valence-electron chi connectivity index (χ4n) is 3.49. The fourth-order valence-corrected chi connectivity index (χ4v) is 3.49. The number of hydrogen-bond acceptors (Lipinski definition) is 7. The van der Waals surface area contributed by atoms with E-state index in [-0.39, 0.29) is 18.6 Å². The number of aliphatic imine (C=N–C) groups is 1. The summed E-state index contributed by atoms with van der Waals surface area (Å²) in [6.07, 6.45) is 1.47. The highest BCUT2D eigenvalue weighted by Crippen LogP contribution is 2.32. The zero-order valence-corrected chi connectivity index (χ0v) is 17.7. The Labute approximate surface area is 172 Å².